The van der Waals surface area contributed by atoms with Gasteiger partial charge in [-0.25, -0.2) is 0 Å². The Balaban J connectivity index is 1.33. The SMILES string of the molecule is O=C(c1ccco1)N1C[C@@H](N2CCC(c3ccccc3)CC2)[C@H](c2ccccc2)C1. The number of carbonyl (C=O) groups is 1. The summed E-state index contributed by atoms with van der Waals surface area (Å²) >= 11 is 0. The van der Waals surface area contributed by atoms with E-state index in [1.165, 1.54) is 24.0 Å². The summed E-state index contributed by atoms with van der Waals surface area (Å²) in [4.78, 5) is 17.6. The van der Waals surface area contributed by atoms with E-state index in [9.17, 15) is 4.79 Å². The first kappa shape index (κ1) is 19.1. The van der Waals surface area contributed by atoms with Gasteiger partial charge in [0, 0.05) is 25.0 Å². The van der Waals surface area contributed by atoms with Gasteiger partial charge in [-0.05, 0) is 55.1 Å². The van der Waals surface area contributed by atoms with Gasteiger partial charge in [-0.2, -0.15) is 0 Å². The molecule has 3 aromatic rings. The highest BCUT2D eigenvalue weighted by Gasteiger charge is 2.41. The summed E-state index contributed by atoms with van der Waals surface area (Å²) in [5.41, 5.74) is 2.78. The molecule has 4 nitrogen and oxygen atoms in total. The van der Waals surface area contributed by atoms with E-state index >= 15 is 0 Å². The zero-order valence-electron chi connectivity index (χ0n) is 17.2. The van der Waals surface area contributed by atoms with Crippen molar-refractivity contribution >= 4 is 5.91 Å². The van der Waals surface area contributed by atoms with E-state index in [2.05, 4.69) is 65.6 Å². The van der Waals surface area contributed by atoms with Gasteiger partial charge in [0.2, 0.25) is 0 Å². The second kappa shape index (κ2) is 8.49. The lowest BCUT2D eigenvalue weighted by Gasteiger charge is -2.38. The van der Waals surface area contributed by atoms with Crippen molar-refractivity contribution < 1.29 is 9.21 Å². The lowest BCUT2D eigenvalue weighted by atomic mass is 9.87. The van der Waals surface area contributed by atoms with Crippen LogP contribution in [0.1, 0.15) is 46.4 Å². The summed E-state index contributed by atoms with van der Waals surface area (Å²) in [6.07, 6.45) is 3.92. The number of carbonyl (C=O) groups excluding carboxylic acids is 1. The van der Waals surface area contributed by atoms with Crippen molar-refractivity contribution in [2.24, 2.45) is 0 Å². The van der Waals surface area contributed by atoms with Crippen LogP contribution in [0.25, 0.3) is 0 Å². The summed E-state index contributed by atoms with van der Waals surface area (Å²) in [6, 6.07) is 25.5. The molecule has 2 aliphatic rings. The average molecular weight is 401 g/mol. The molecule has 5 rings (SSSR count). The van der Waals surface area contributed by atoms with E-state index in [0.717, 1.165) is 26.2 Å². The first-order chi connectivity index (χ1) is 14.8. The zero-order chi connectivity index (χ0) is 20.3. The minimum absolute atomic E-state index is 0.00241. The quantitative estimate of drug-likeness (QED) is 0.633. The summed E-state index contributed by atoms with van der Waals surface area (Å²) in [7, 11) is 0. The maximum absolute atomic E-state index is 13.0. The van der Waals surface area contributed by atoms with Gasteiger partial charge in [-0.3, -0.25) is 9.69 Å². The molecule has 30 heavy (non-hydrogen) atoms. The first-order valence-electron chi connectivity index (χ1n) is 11.0. The van der Waals surface area contributed by atoms with Crippen LogP contribution in [0.5, 0.6) is 0 Å². The summed E-state index contributed by atoms with van der Waals surface area (Å²) < 4.78 is 5.39. The zero-order valence-corrected chi connectivity index (χ0v) is 17.2. The number of rotatable bonds is 4. The maximum atomic E-state index is 13.0. The van der Waals surface area contributed by atoms with E-state index in [4.69, 9.17) is 4.42 Å². The maximum Gasteiger partial charge on any atom is 0.289 e. The Labute approximate surface area is 178 Å². The van der Waals surface area contributed by atoms with Crippen LogP contribution in [0.2, 0.25) is 0 Å². The third-order valence-electron chi connectivity index (χ3n) is 6.81. The molecule has 2 aliphatic heterocycles. The molecule has 0 unspecified atom stereocenters. The normalized spacial score (nSPS) is 23.0. The molecule has 2 aromatic carbocycles. The van der Waals surface area contributed by atoms with Crippen LogP contribution in [0, 0.1) is 0 Å². The standard InChI is InChI=1S/C26H28N2O2/c29-26(25-12-7-17-30-25)28-18-23(22-10-5-2-6-11-22)24(19-28)27-15-13-21(14-16-27)20-8-3-1-4-9-20/h1-12,17,21,23-24H,13-16,18-19H2/t23-,24+/m0/s1. The molecule has 0 N–H and O–H groups in total. The summed E-state index contributed by atoms with van der Waals surface area (Å²) in [6.45, 7) is 3.66. The van der Waals surface area contributed by atoms with Crippen molar-refractivity contribution in [1.82, 2.24) is 9.80 Å². The van der Waals surface area contributed by atoms with E-state index in [0.29, 0.717) is 23.6 Å². The molecule has 1 aromatic heterocycles. The van der Waals surface area contributed by atoms with Gasteiger partial charge in [0.25, 0.3) is 5.91 Å². The van der Waals surface area contributed by atoms with Gasteiger partial charge in [-0.15, -0.1) is 0 Å². The second-order valence-electron chi connectivity index (χ2n) is 8.49. The van der Waals surface area contributed by atoms with Crippen LogP contribution < -0.4 is 0 Å². The highest BCUT2D eigenvalue weighted by atomic mass is 16.3. The molecule has 3 heterocycles. The van der Waals surface area contributed by atoms with Crippen LogP contribution in [0.4, 0.5) is 0 Å². The predicted octanol–water partition coefficient (Wildman–Crippen LogP) is 4.77. The number of amides is 1. The van der Waals surface area contributed by atoms with Crippen LogP contribution in [-0.4, -0.2) is 47.9 Å². The van der Waals surface area contributed by atoms with Crippen LogP contribution in [0.3, 0.4) is 0 Å². The number of nitrogens with zero attached hydrogens (tertiary/aromatic N) is 2. The molecule has 154 valence electrons. The fourth-order valence-electron chi connectivity index (χ4n) is 5.20. The van der Waals surface area contributed by atoms with Crippen LogP contribution in [-0.2, 0) is 0 Å². The van der Waals surface area contributed by atoms with Crippen LogP contribution in [0.15, 0.2) is 83.5 Å². The van der Waals surface area contributed by atoms with E-state index in [1.54, 1.807) is 18.4 Å². The van der Waals surface area contributed by atoms with Crippen LogP contribution >= 0.6 is 0 Å². The number of hydrogen-bond donors (Lipinski definition) is 0. The minimum Gasteiger partial charge on any atom is -0.459 e. The van der Waals surface area contributed by atoms with E-state index in [-0.39, 0.29) is 5.91 Å². The Morgan fingerprint density at radius 3 is 2.10 bits per heavy atom. The fraction of sp³-hybridized carbons (Fsp3) is 0.346. The fourth-order valence-corrected chi connectivity index (χ4v) is 5.20. The highest BCUT2D eigenvalue weighted by molar-refractivity contribution is 5.91. The summed E-state index contributed by atoms with van der Waals surface area (Å²) in [5, 5.41) is 0. The van der Waals surface area contributed by atoms with Gasteiger partial charge in [0.15, 0.2) is 5.76 Å². The van der Waals surface area contributed by atoms with Gasteiger partial charge < -0.3 is 9.32 Å². The molecule has 0 radical (unpaired) electrons. The smallest absolute Gasteiger partial charge is 0.289 e. The molecule has 2 atom stereocenters. The Hall–Kier alpha value is -2.85. The molecular formula is C26H28N2O2. The van der Waals surface area contributed by atoms with Gasteiger partial charge in [-0.1, -0.05) is 60.7 Å². The van der Waals surface area contributed by atoms with Crippen molar-refractivity contribution in [2.75, 3.05) is 26.2 Å². The summed E-state index contributed by atoms with van der Waals surface area (Å²) in [5.74, 6) is 1.41. The Morgan fingerprint density at radius 1 is 0.800 bits per heavy atom. The molecule has 0 aliphatic carbocycles. The van der Waals surface area contributed by atoms with Crippen molar-refractivity contribution in [3.05, 3.63) is 95.9 Å². The second-order valence-corrected chi connectivity index (χ2v) is 8.49. The van der Waals surface area contributed by atoms with E-state index < -0.39 is 0 Å². The minimum atomic E-state index is 0.00241. The van der Waals surface area contributed by atoms with Crippen molar-refractivity contribution in [1.29, 1.82) is 0 Å². The third-order valence-corrected chi connectivity index (χ3v) is 6.81. The molecule has 2 fully saturated rings. The molecule has 1 amide bonds. The largest absolute Gasteiger partial charge is 0.459 e. The number of furan rings is 1. The monoisotopic (exact) mass is 400 g/mol. The Kier molecular flexibility index (Phi) is 5.41. The molecule has 0 bridgehead atoms. The number of hydrogen-bond acceptors (Lipinski definition) is 3. The molecule has 0 saturated carbocycles. The van der Waals surface area contributed by atoms with E-state index in [1.807, 2.05) is 4.90 Å². The Bertz CT molecular complexity index is 947. The van der Waals surface area contributed by atoms with Crippen molar-refractivity contribution in [2.45, 2.75) is 30.7 Å². The molecule has 4 heteroatoms. The highest BCUT2D eigenvalue weighted by Crippen LogP contribution is 2.36. The number of benzene rings is 2. The Morgan fingerprint density at radius 2 is 1.47 bits per heavy atom. The molecule has 0 spiro atoms. The lowest BCUT2D eigenvalue weighted by molar-refractivity contribution is 0.0738. The lowest BCUT2D eigenvalue weighted by Crippen LogP contribution is -2.45. The van der Waals surface area contributed by atoms with Crippen molar-refractivity contribution in [3.8, 4) is 0 Å². The average Bonchev–Trinajstić information content (AvgIpc) is 3.51. The third kappa shape index (κ3) is 3.80. The molecular weight excluding hydrogens is 372 g/mol. The number of likely N-dealkylation sites (tertiary alicyclic amines) is 2. The molecule has 2 saturated heterocycles. The van der Waals surface area contributed by atoms with Gasteiger partial charge in [0.05, 0.1) is 6.26 Å². The van der Waals surface area contributed by atoms with Gasteiger partial charge in [0.1, 0.15) is 0 Å². The predicted molar refractivity (Wildman–Crippen MR) is 118 cm³/mol. The topological polar surface area (TPSA) is 36.7 Å². The van der Waals surface area contributed by atoms with Crippen molar-refractivity contribution in [3.63, 3.8) is 0 Å². The first-order valence-corrected chi connectivity index (χ1v) is 11.0. The number of piperidine rings is 1. The van der Waals surface area contributed by atoms with Gasteiger partial charge >= 0.3 is 0 Å².